The predicted molar refractivity (Wildman–Crippen MR) is 143 cm³/mol. The Bertz CT molecular complexity index is 1500. The van der Waals surface area contributed by atoms with Gasteiger partial charge in [0.15, 0.2) is 0 Å². The van der Waals surface area contributed by atoms with Gasteiger partial charge in [0.25, 0.3) is 5.91 Å². The number of benzene rings is 3. The van der Waals surface area contributed by atoms with Crippen molar-refractivity contribution in [3.8, 4) is 33.6 Å². The van der Waals surface area contributed by atoms with E-state index in [2.05, 4.69) is 40.6 Å². The summed E-state index contributed by atoms with van der Waals surface area (Å²) in [7, 11) is 0. The van der Waals surface area contributed by atoms with Crippen LogP contribution in [0.2, 0.25) is 0 Å². The normalized spacial score (nSPS) is 10.9. The van der Waals surface area contributed by atoms with Gasteiger partial charge in [0.1, 0.15) is 0 Å². The number of fused-ring (bicyclic) bond motifs is 1. The van der Waals surface area contributed by atoms with Crippen LogP contribution >= 0.6 is 0 Å². The molecule has 5 rings (SSSR count). The van der Waals surface area contributed by atoms with E-state index in [4.69, 9.17) is 15.8 Å². The van der Waals surface area contributed by atoms with Gasteiger partial charge in [0, 0.05) is 46.9 Å². The highest BCUT2D eigenvalue weighted by molar-refractivity contribution is 5.99. The van der Waals surface area contributed by atoms with Gasteiger partial charge in [-0.2, -0.15) is 0 Å². The molecule has 3 aromatic carbocycles. The van der Waals surface area contributed by atoms with Crippen LogP contribution in [-0.2, 0) is 6.54 Å². The van der Waals surface area contributed by atoms with Crippen molar-refractivity contribution in [3.63, 3.8) is 0 Å². The summed E-state index contributed by atoms with van der Waals surface area (Å²) in [6, 6.07) is 29.8. The Hall–Kier alpha value is -4.39. The maximum atomic E-state index is 12.2. The van der Waals surface area contributed by atoms with Crippen LogP contribution in [0.1, 0.15) is 15.9 Å². The summed E-state index contributed by atoms with van der Waals surface area (Å²) < 4.78 is 0. The molecule has 2 aromatic heterocycles. The molecule has 5 aromatic rings. The smallest absolute Gasteiger partial charge is 0.251 e. The first-order valence-electron chi connectivity index (χ1n) is 11.8. The van der Waals surface area contributed by atoms with Crippen molar-refractivity contribution >= 4 is 16.8 Å². The van der Waals surface area contributed by atoms with E-state index in [0.29, 0.717) is 12.1 Å². The zero-order chi connectivity index (χ0) is 24.9. The van der Waals surface area contributed by atoms with Crippen molar-refractivity contribution in [3.05, 3.63) is 108 Å². The monoisotopic (exact) mass is 474 g/mol. The molecule has 2 heterocycles. The van der Waals surface area contributed by atoms with Crippen LogP contribution in [0.25, 0.3) is 44.5 Å². The lowest BCUT2D eigenvalue weighted by atomic mass is 9.95. The fourth-order valence-corrected chi connectivity index (χ4v) is 4.23. The molecule has 6 nitrogen and oxygen atoms in total. The fourth-order valence-electron chi connectivity index (χ4n) is 4.23. The van der Waals surface area contributed by atoms with Crippen LogP contribution in [-0.4, -0.2) is 34.1 Å². The molecule has 0 radical (unpaired) electrons. The first-order chi connectivity index (χ1) is 17.7. The third-order valence-corrected chi connectivity index (χ3v) is 6.11. The first kappa shape index (κ1) is 23.4. The van der Waals surface area contributed by atoms with Gasteiger partial charge in [-0.05, 0) is 35.4 Å². The summed E-state index contributed by atoms with van der Waals surface area (Å²) in [6.45, 7) is 0.615. The van der Waals surface area contributed by atoms with E-state index in [0.717, 1.165) is 50.1 Å². The van der Waals surface area contributed by atoms with Crippen LogP contribution in [0.3, 0.4) is 0 Å². The summed E-state index contributed by atoms with van der Waals surface area (Å²) >= 11 is 0. The number of aromatic nitrogens is 2. The van der Waals surface area contributed by atoms with Crippen molar-refractivity contribution < 1.29 is 9.90 Å². The van der Waals surface area contributed by atoms with Crippen molar-refractivity contribution in [2.45, 2.75) is 6.54 Å². The molecule has 178 valence electrons. The second kappa shape index (κ2) is 10.5. The lowest BCUT2D eigenvalue weighted by molar-refractivity contribution is 0.0945. The molecule has 0 aliphatic heterocycles. The first-order valence-corrected chi connectivity index (χ1v) is 11.8. The quantitative estimate of drug-likeness (QED) is 0.314. The number of carbonyl (C=O) groups is 1. The van der Waals surface area contributed by atoms with Crippen molar-refractivity contribution in [1.82, 2.24) is 15.3 Å². The maximum Gasteiger partial charge on any atom is 0.251 e. The number of aliphatic hydroxyl groups is 1. The highest BCUT2D eigenvalue weighted by Gasteiger charge is 2.15. The van der Waals surface area contributed by atoms with Crippen molar-refractivity contribution in [2.75, 3.05) is 13.2 Å². The predicted octanol–water partition coefficient (Wildman–Crippen LogP) is 4.81. The summed E-state index contributed by atoms with van der Waals surface area (Å²) in [5.74, 6) is -0.222. The van der Waals surface area contributed by atoms with Gasteiger partial charge in [0.2, 0.25) is 0 Å². The molecular weight excluding hydrogens is 448 g/mol. The second-order valence-corrected chi connectivity index (χ2v) is 8.43. The number of hydrogen-bond acceptors (Lipinski definition) is 5. The third kappa shape index (κ3) is 4.73. The van der Waals surface area contributed by atoms with Gasteiger partial charge >= 0.3 is 0 Å². The topological polar surface area (TPSA) is 101 Å². The number of nitrogens with zero attached hydrogens (tertiary/aromatic N) is 2. The van der Waals surface area contributed by atoms with E-state index < -0.39 is 0 Å². The summed E-state index contributed by atoms with van der Waals surface area (Å²) in [4.78, 5) is 22.0. The van der Waals surface area contributed by atoms with Gasteiger partial charge in [-0.25, -0.2) is 4.98 Å². The average Bonchev–Trinajstić information content (AvgIpc) is 2.95. The van der Waals surface area contributed by atoms with Gasteiger partial charge in [-0.1, -0.05) is 66.7 Å². The molecule has 0 saturated carbocycles. The van der Waals surface area contributed by atoms with Crippen LogP contribution in [0.5, 0.6) is 0 Å². The van der Waals surface area contributed by atoms with Crippen LogP contribution in [0.15, 0.2) is 97.2 Å². The molecule has 0 saturated heterocycles. The van der Waals surface area contributed by atoms with E-state index in [1.54, 1.807) is 18.3 Å². The largest absolute Gasteiger partial charge is 0.395 e. The molecule has 36 heavy (non-hydrogen) atoms. The lowest BCUT2D eigenvalue weighted by Crippen LogP contribution is -2.26. The molecule has 0 unspecified atom stereocenters. The van der Waals surface area contributed by atoms with Gasteiger partial charge in [0.05, 0.1) is 23.5 Å². The second-order valence-electron chi connectivity index (χ2n) is 8.43. The number of rotatable bonds is 7. The molecule has 0 aliphatic carbocycles. The minimum Gasteiger partial charge on any atom is -0.395 e. The van der Waals surface area contributed by atoms with Gasteiger partial charge in [-0.15, -0.1) is 0 Å². The molecule has 0 aliphatic rings. The lowest BCUT2D eigenvalue weighted by Gasteiger charge is -2.14. The number of nitrogens with two attached hydrogens (primary N) is 1. The Morgan fingerprint density at radius 3 is 2.22 bits per heavy atom. The molecule has 4 N–H and O–H groups in total. The van der Waals surface area contributed by atoms with E-state index >= 15 is 0 Å². The maximum absolute atomic E-state index is 12.2. The molecule has 6 heteroatoms. The fraction of sp³-hybridized carbons (Fsp3) is 0.100. The Kier molecular flexibility index (Phi) is 6.80. The Morgan fingerprint density at radius 2 is 1.53 bits per heavy atom. The minimum absolute atomic E-state index is 0.0976. The number of pyridine rings is 2. The molecule has 0 fully saturated rings. The van der Waals surface area contributed by atoms with Crippen LogP contribution < -0.4 is 11.1 Å². The molecule has 0 spiro atoms. The minimum atomic E-state index is -0.222. The van der Waals surface area contributed by atoms with Crippen LogP contribution in [0.4, 0.5) is 0 Å². The number of hydrogen-bond donors (Lipinski definition) is 3. The molecule has 1 amide bonds. The molecule has 0 atom stereocenters. The van der Waals surface area contributed by atoms with E-state index in [9.17, 15) is 4.79 Å². The van der Waals surface area contributed by atoms with E-state index in [1.165, 1.54) is 0 Å². The van der Waals surface area contributed by atoms with E-state index in [1.807, 2.05) is 48.5 Å². The standard InChI is InChI=1S/C30H26N4O2/c31-19-20-6-8-23(9-7-20)29-25(21-4-2-1-3-5-21)18-26-27(34-29)14-15-32-28(26)22-10-12-24(13-11-22)30(36)33-16-17-35/h1-15,18,35H,16-17,19,31H2,(H,33,36). The highest BCUT2D eigenvalue weighted by atomic mass is 16.3. The number of nitrogens with one attached hydrogen (secondary N) is 1. The van der Waals surface area contributed by atoms with E-state index in [-0.39, 0.29) is 19.1 Å². The van der Waals surface area contributed by atoms with Crippen molar-refractivity contribution in [1.29, 1.82) is 0 Å². The third-order valence-electron chi connectivity index (χ3n) is 6.11. The number of aliphatic hydroxyl groups excluding tert-OH is 1. The highest BCUT2D eigenvalue weighted by Crippen LogP contribution is 2.36. The van der Waals surface area contributed by atoms with Crippen molar-refractivity contribution in [2.24, 2.45) is 5.73 Å². The Labute approximate surface area is 209 Å². The number of carbonyl (C=O) groups excluding carboxylic acids is 1. The summed E-state index contributed by atoms with van der Waals surface area (Å²) in [5.41, 5.74) is 13.9. The Morgan fingerprint density at radius 1 is 0.833 bits per heavy atom. The zero-order valence-electron chi connectivity index (χ0n) is 19.7. The van der Waals surface area contributed by atoms with Gasteiger partial charge in [-0.3, -0.25) is 9.78 Å². The SMILES string of the molecule is NCc1ccc(-c2nc3ccnc(-c4ccc(C(=O)NCCO)cc4)c3cc2-c2ccccc2)cc1. The number of amides is 1. The Balaban J connectivity index is 1.64. The average molecular weight is 475 g/mol. The molecule has 0 bridgehead atoms. The summed E-state index contributed by atoms with van der Waals surface area (Å²) in [5, 5.41) is 12.5. The molecular formula is C30H26N4O2. The summed E-state index contributed by atoms with van der Waals surface area (Å²) in [6.07, 6.45) is 1.76. The zero-order valence-corrected chi connectivity index (χ0v) is 19.7. The van der Waals surface area contributed by atoms with Crippen LogP contribution in [0, 0.1) is 0 Å². The van der Waals surface area contributed by atoms with Gasteiger partial charge < -0.3 is 16.2 Å².